The third-order valence-corrected chi connectivity index (χ3v) is 5.04. The van der Waals surface area contributed by atoms with Crippen molar-refractivity contribution in [3.63, 3.8) is 0 Å². The van der Waals surface area contributed by atoms with E-state index < -0.39 is 0 Å². The minimum absolute atomic E-state index is 0.354. The van der Waals surface area contributed by atoms with Gasteiger partial charge in [-0.15, -0.1) is 0 Å². The lowest BCUT2D eigenvalue weighted by atomic mass is 9.84. The average Bonchev–Trinajstić information content (AvgIpc) is 2.53. The number of nitrogens with zero attached hydrogens (tertiary/aromatic N) is 1. The summed E-state index contributed by atoms with van der Waals surface area (Å²) in [5.41, 5.74) is 0.354. The smallest absolute Gasteiger partial charge is 0.00991 e. The highest BCUT2D eigenvalue weighted by atomic mass is 15.1. The van der Waals surface area contributed by atoms with Crippen LogP contribution in [0, 0.1) is 17.3 Å². The molecular formula is C16H34N2. The van der Waals surface area contributed by atoms with E-state index in [4.69, 9.17) is 0 Å². The van der Waals surface area contributed by atoms with E-state index in [1.807, 2.05) is 0 Å². The summed E-state index contributed by atoms with van der Waals surface area (Å²) in [6.45, 7) is 15.7. The molecule has 2 heteroatoms. The van der Waals surface area contributed by atoms with Gasteiger partial charge in [-0.3, -0.25) is 0 Å². The lowest BCUT2D eigenvalue weighted by molar-refractivity contribution is 0.147. The van der Waals surface area contributed by atoms with Gasteiger partial charge in [0, 0.05) is 12.6 Å². The maximum absolute atomic E-state index is 3.41. The molecule has 0 aromatic carbocycles. The Bertz CT molecular complexity index is 235. The maximum atomic E-state index is 3.41. The van der Waals surface area contributed by atoms with Gasteiger partial charge < -0.3 is 10.2 Å². The topological polar surface area (TPSA) is 15.3 Å². The molecule has 0 amide bonds. The third-order valence-electron chi connectivity index (χ3n) is 5.04. The van der Waals surface area contributed by atoms with E-state index in [0.717, 1.165) is 11.8 Å². The van der Waals surface area contributed by atoms with Crippen molar-refractivity contribution in [2.24, 2.45) is 17.3 Å². The van der Waals surface area contributed by atoms with E-state index in [9.17, 15) is 0 Å². The molecule has 0 spiro atoms. The van der Waals surface area contributed by atoms with Crippen LogP contribution in [0.15, 0.2) is 0 Å². The number of likely N-dealkylation sites (tertiary alicyclic amines) is 1. The molecule has 1 N–H and O–H groups in total. The second kappa shape index (κ2) is 6.91. The Morgan fingerprint density at radius 3 is 2.39 bits per heavy atom. The molecule has 1 aliphatic heterocycles. The first kappa shape index (κ1) is 16.0. The molecule has 0 saturated carbocycles. The zero-order valence-electron chi connectivity index (χ0n) is 13.4. The van der Waals surface area contributed by atoms with Crippen LogP contribution in [-0.4, -0.2) is 37.6 Å². The molecule has 0 aromatic heterocycles. The van der Waals surface area contributed by atoms with Crippen LogP contribution in [0.5, 0.6) is 0 Å². The fraction of sp³-hybridized carbons (Fsp3) is 1.00. The molecule has 0 aliphatic carbocycles. The first-order chi connectivity index (χ1) is 8.36. The minimum atomic E-state index is 0.354. The van der Waals surface area contributed by atoms with Crippen molar-refractivity contribution in [3.05, 3.63) is 0 Å². The van der Waals surface area contributed by atoms with Crippen LogP contribution >= 0.6 is 0 Å². The highest BCUT2D eigenvalue weighted by Crippen LogP contribution is 2.27. The normalized spacial score (nSPS) is 25.2. The Labute approximate surface area is 115 Å². The molecule has 18 heavy (non-hydrogen) atoms. The van der Waals surface area contributed by atoms with Gasteiger partial charge in [-0.1, -0.05) is 27.7 Å². The fourth-order valence-electron chi connectivity index (χ4n) is 3.11. The average molecular weight is 254 g/mol. The van der Waals surface area contributed by atoms with E-state index in [1.165, 1.54) is 38.9 Å². The largest absolute Gasteiger partial charge is 0.317 e. The fourth-order valence-corrected chi connectivity index (χ4v) is 3.11. The summed E-state index contributed by atoms with van der Waals surface area (Å²) < 4.78 is 0. The van der Waals surface area contributed by atoms with Crippen LogP contribution in [0.1, 0.15) is 53.9 Å². The van der Waals surface area contributed by atoms with Gasteiger partial charge in [0.05, 0.1) is 0 Å². The Kier molecular flexibility index (Phi) is 6.13. The molecule has 1 saturated heterocycles. The molecule has 0 aromatic rings. The summed E-state index contributed by atoms with van der Waals surface area (Å²) in [5, 5.41) is 3.41. The second-order valence-corrected chi connectivity index (χ2v) is 7.21. The number of rotatable bonds is 5. The van der Waals surface area contributed by atoms with Gasteiger partial charge in [-0.25, -0.2) is 0 Å². The van der Waals surface area contributed by atoms with Gasteiger partial charge in [0.1, 0.15) is 0 Å². The van der Waals surface area contributed by atoms with E-state index >= 15 is 0 Å². The Morgan fingerprint density at radius 2 is 1.83 bits per heavy atom. The lowest BCUT2D eigenvalue weighted by Crippen LogP contribution is -2.46. The standard InChI is InChI=1S/C16H34N2/c1-13(2)15-8-7-10-18(11-9-15)12-16(4,5)14(3)17-6/h13-15,17H,7-12H2,1-6H3. The van der Waals surface area contributed by atoms with E-state index in [2.05, 4.69) is 51.9 Å². The molecule has 1 rings (SSSR count). The molecule has 2 unspecified atom stereocenters. The van der Waals surface area contributed by atoms with Crippen LogP contribution in [0.3, 0.4) is 0 Å². The van der Waals surface area contributed by atoms with Crippen molar-refractivity contribution >= 4 is 0 Å². The van der Waals surface area contributed by atoms with Crippen LogP contribution in [-0.2, 0) is 0 Å². The maximum Gasteiger partial charge on any atom is 0.00991 e. The predicted molar refractivity (Wildman–Crippen MR) is 80.9 cm³/mol. The van der Waals surface area contributed by atoms with Crippen molar-refractivity contribution in [2.75, 3.05) is 26.7 Å². The van der Waals surface area contributed by atoms with Crippen molar-refractivity contribution in [3.8, 4) is 0 Å². The first-order valence-electron chi connectivity index (χ1n) is 7.76. The molecule has 1 heterocycles. The molecule has 1 fully saturated rings. The summed E-state index contributed by atoms with van der Waals surface area (Å²) in [6.07, 6.45) is 4.20. The van der Waals surface area contributed by atoms with Crippen LogP contribution in [0.2, 0.25) is 0 Å². The highest BCUT2D eigenvalue weighted by Gasteiger charge is 2.28. The molecule has 2 atom stereocenters. The summed E-state index contributed by atoms with van der Waals surface area (Å²) in [6, 6.07) is 0.571. The van der Waals surface area contributed by atoms with Gasteiger partial charge in [0.2, 0.25) is 0 Å². The monoisotopic (exact) mass is 254 g/mol. The van der Waals surface area contributed by atoms with Gasteiger partial charge in [0.15, 0.2) is 0 Å². The van der Waals surface area contributed by atoms with Gasteiger partial charge in [-0.05, 0) is 63.6 Å². The zero-order valence-corrected chi connectivity index (χ0v) is 13.4. The SMILES string of the molecule is CNC(C)C(C)(C)CN1CCCC(C(C)C)CC1. The van der Waals surface area contributed by atoms with Gasteiger partial charge >= 0.3 is 0 Å². The Hall–Kier alpha value is -0.0800. The quantitative estimate of drug-likeness (QED) is 0.809. The lowest BCUT2D eigenvalue weighted by Gasteiger charge is -2.36. The second-order valence-electron chi connectivity index (χ2n) is 7.21. The first-order valence-corrected chi connectivity index (χ1v) is 7.76. The minimum Gasteiger partial charge on any atom is -0.317 e. The molecular weight excluding hydrogens is 220 g/mol. The van der Waals surface area contributed by atoms with Crippen LogP contribution in [0.4, 0.5) is 0 Å². The molecule has 108 valence electrons. The van der Waals surface area contributed by atoms with Gasteiger partial charge in [-0.2, -0.15) is 0 Å². The zero-order chi connectivity index (χ0) is 13.8. The predicted octanol–water partition coefficient (Wildman–Crippen LogP) is 3.38. The van der Waals surface area contributed by atoms with Crippen molar-refractivity contribution in [1.82, 2.24) is 10.2 Å². The van der Waals surface area contributed by atoms with E-state index in [-0.39, 0.29) is 0 Å². The van der Waals surface area contributed by atoms with Crippen molar-refractivity contribution in [1.29, 1.82) is 0 Å². The van der Waals surface area contributed by atoms with E-state index in [1.54, 1.807) is 0 Å². The molecule has 0 radical (unpaired) electrons. The Morgan fingerprint density at radius 1 is 1.17 bits per heavy atom. The summed E-state index contributed by atoms with van der Waals surface area (Å²) >= 11 is 0. The van der Waals surface area contributed by atoms with Crippen molar-refractivity contribution < 1.29 is 0 Å². The third kappa shape index (κ3) is 4.55. The number of hydrogen-bond donors (Lipinski definition) is 1. The van der Waals surface area contributed by atoms with Crippen LogP contribution in [0.25, 0.3) is 0 Å². The number of nitrogens with one attached hydrogen (secondary N) is 1. The van der Waals surface area contributed by atoms with Crippen molar-refractivity contribution in [2.45, 2.75) is 59.9 Å². The van der Waals surface area contributed by atoms with Gasteiger partial charge in [0.25, 0.3) is 0 Å². The highest BCUT2D eigenvalue weighted by molar-refractivity contribution is 4.84. The summed E-state index contributed by atoms with van der Waals surface area (Å²) in [5.74, 6) is 1.80. The molecule has 0 bridgehead atoms. The Balaban J connectivity index is 2.49. The number of hydrogen-bond acceptors (Lipinski definition) is 2. The van der Waals surface area contributed by atoms with E-state index in [0.29, 0.717) is 11.5 Å². The molecule has 2 nitrogen and oxygen atoms in total. The summed E-state index contributed by atoms with van der Waals surface area (Å²) in [4.78, 5) is 2.69. The molecule has 1 aliphatic rings. The van der Waals surface area contributed by atoms with Crippen LogP contribution < -0.4 is 5.32 Å². The summed E-state index contributed by atoms with van der Waals surface area (Å²) in [7, 11) is 2.07.